The molecule has 5 heteroatoms. The van der Waals surface area contributed by atoms with Crippen molar-refractivity contribution in [3.63, 3.8) is 0 Å². The second-order valence-corrected chi connectivity index (χ2v) is 2.95. The van der Waals surface area contributed by atoms with Gasteiger partial charge in [-0.15, -0.1) is 0 Å². The van der Waals surface area contributed by atoms with Crippen molar-refractivity contribution in [3.8, 4) is 0 Å². The fourth-order valence-corrected chi connectivity index (χ4v) is 1.23. The van der Waals surface area contributed by atoms with E-state index in [1.807, 2.05) is 6.92 Å². The molecule has 1 radical (unpaired) electrons. The minimum atomic E-state index is -0.483. The van der Waals surface area contributed by atoms with Gasteiger partial charge in [-0.25, -0.2) is 4.79 Å². The Morgan fingerprint density at radius 3 is 2.80 bits per heavy atom. The zero-order valence-electron chi connectivity index (χ0n) is 8.23. The lowest BCUT2D eigenvalue weighted by molar-refractivity contribution is -0.385. The molecule has 0 fully saturated rings. The van der Waals surface area contributed by atoms with Crippen LogP contribution in [-0.4, -0.2) is 11.4 Å². The third-order valence-electron chi connectivity index (χ3n) is 2.04. The molecule has 0 spiro atoms. The van der Waals surface area contributed by atoms with Crippen molar-refractivity contribution in [2.75, 3.05) is 0 Å². The Labute approximate surface area is 86.8 Å². The van der Waals surface area contributed by atoms with E-state index >= 15 is 0 Å². The molecular formula is C10H10NO4. The Hall–Kier alpha value is -1.91. The molecule has 0 heterocycles. The molecule has 0 N–H and O–H groups in total. The zero-order valence-corrected chi connectivity index (χ0v) is 8.23. The summed E-state index contributed by atoms with van der Waals surface area (Å²) < 4.78 is 4.37. The van der Waals surface area contributed by atoms with E-state index in [0.717, 1.165) is 12.0 Å². The van der Waals surface area contributed by atoms with Gasteiger partial charge in [0.15, 0.2) is 0 Å². The number of hydrogen-bond acceptors (Lipinski definition) is 4. The van der Waals surface area contributed by atoms with Crippen molar-refractivity contribution < 1.29 is 14.5 Å². The number of benzene rings is 1. The van der Waals surface area contributed by atoms with Gasteiger partial charge in [0, 0.05) is 6.07 Å². The van der Waals surface area contributed by atoms with Crippen molar-refractivity contribution in [1.82, 2.24) is 0 Å². The van der Waals surface area contributed by atoms with Gasteiger partial charge in [-0.1, -0.05) is 13.0 Å². The van der Waals surface area contributed by atoms with Crippen molar-refractivity contribution >= 4 is 12.2 Å². The van der Waals surface area contributed by atoms with Crippen molar-refractivity contribution in [2.45, 2.75) is 20.0 Å². The van der Waals surface area contributed by atoms with Crippen LogP contribution >= 0.6 is 0 Å². The number of aryl methyl sites for hydroxylation is 1. The standard InChI is InChI=1S/C10H10NO4/c1-2-8-3-4-9(6-15-7-12)10(5-8)11(13)14/h3-5H,2,6H2,1H3. The minimum absolute atomic E-state index is 0.0235. The van der Waals surface area contributed by atoms with Crippen LogP contribution in [0.4, 0.5) is 5.69 Å². The van der Waals surface area contributed by atoms with Gasteiger partial charge in [0.2, 0.25) is 0 Å². The Kier molecular flexibility index (Phi) is 3.79. The fourth-order valence-electron chi connectivity index (χ4n) is 1.23. The van der Waals surface area contributed by atoms with Crippen LogP contribution in [-0.2, 0) is 22.6 Å². The number of carbonyl (C=O) groups excluding carboxylic acids is 1. The summed E-state index contributed by atoms with van der Waals surface area (Å²) in [5.41, 5.74) is 1.23. The third-order valence-corrected chi connectivity index (χ3v) is 2.04. The Balaban J connectivity index is 3.03. The first kappa shape index (κ1) is 11.2. The Bertz CT molecular complexity index is 376. The van der Waals surface area contributed by atoms with Crippen LogP contribution in [0.15, 0.2) is 18.2 Å². The van der Waals surface area contributed by atoms with Crippen LogP contribution < -0.4 is 0 Å². The van der Waals surface area contributed by atoms with Crippen molar-refractivity contribution in [2.24, 2.45) is 0 Å². The molecular weight excluding hydrogens is 198 g/mol. The molecule has 1 aromatic carbocycles. The molecule has 0 bridgehead atoms. The lowest BCUT2D eigenvalue weighted by Crippen LogP contribution is -1.99. The van der Waals surface area contributed by atoms with E-state index in [4.69, 9.17) is 0 Å². The highest BCUT2D eigenvalue weighted by Crippen LogP contribution is 2.21. The van der Waals surface area contributed by atoms with E-state index in [-0.39, 0.29) is 12.3 Å². The number of nitro groups is 1. The van der Waals surface area contributed by atoms with E-state index in [9.17, 15) is 14.9 Å². The molecule has 0 aliphatic carbocycles. The van der Waals surface area contributed by atoms with Gasteiger partial charge in [-0.2, -0.15) is 0 Å². The van der Waals surface area contributed by atoms with Crippen molar-refractivity contribution in [3.05, 3.63) is 39.4 Å². The summed E-state index contributed by atoms with van der Waals surface area (Å²) in [4.78, 5) is 20.1. The van der Waals surface area contributed by atoms with Crippen LogP contribution in [0.3, 0.4) is 0 Å². The molecule has 0 saturated heterocycles. The lowest BCUT2D eigenvalue weighted by atomic mass is 10.1. The molecule has 5 nitrogen and oxygen atoms in total. The number of rotatable bonds is 5. The maximum atomic E-state index is 10.7. The highest BCUT2D eigenvalue weighted by Gasteiger charge is 2.14. The highest BCUT2D eigenvalue weighted by atomic mass is 16.6. The van der Waals surface area contributed by atoms with Gasteiger partial charge in [0.1, 0.15) is 6.61 Å². The van der Waals surface area contributed by atoms with Gasteiger partial charge in [-0.3, -0.25) is 10.1 Å². The van der Waals surface area contributed by atoms with Crippen LogP contribution in [0.2, 0.25) is 0 Å². The molecule has 0 saturated carbocycles. The molecule has 1 rings (SSSR count). The number of ether oxygens (including phenoxy) is 1. The fraction of sp³-hybridized carbons (Fsp3) is 0.300. The summed E-state index contributed by atoms with van der Waals surface area (Å²) in [5.74, 6) is 0. The molecule has 0 aliphatic heterocycles. The average molecular weight is 208 g/mol. The lowest BCUT2D eigenvalue weighted by Gasteiger charge is -2.03. The molecule has 0 atom stereocenters. The summed E-state index contributed by atoms with van der Waals surface area (Å²) in [5, 5.41) is 10.7. The maximum absolute atomic E-state index is 10.7. The predicted molar refractivity (Wildman–Crippen MR) is 53.0 cm³/mol. The monoisotopic (exact) mass is 208 g/mol. The quantitative estimate of drug-likeness (QED) is 0.545. The smallest absolute Gasteiger partial charge is 0.417 e. The Morgan fingerprint density at radius 2 is 2.27 bits per heavy atom. The molecule has 0 aromatic heterocycles. The number of nitrogens with zero attached hydrogens (tertiary/aromatic N) is 1. The van der Waals surface area contributed by atoms with Gasteiger partial charge >= 0.3 is 6.47 Å². The molecule has 0 amide bonds. The summed E-state index contributed by atoms with van der Waals surface area (Å²) in [6, 6.07) is 4.86. The van der Waals surface area contributed by atoms with E-state index in [1.165, 1.54) is 12.5 Å². The van der Waals surface area contributed by atoms with Crippen LogP contribution in [0.5, 0.6) is 0 Å². The zero-order chi connectivity index (χ0) is 11.3. The normalized spacial score (nSPS) is 9.67. The van der Waals surface area contributed by atoms with E-state index < -0.39 is 4.92 Å². The summed E-state index contributed by atoms with van der Waals surface area (Å²) in [6.45, 7) is 3.03. The topological polar surface area (TPSA) is 69.4 Å². The van der Waals surface area contributed by atoms with Gasteiger partial charge < -0.3 is 4.74 Å². The summed E-state index contributed by atoms with van der Waals surface area (Å²) >= 11 is 0. The first-order valence-electron chi connectivity index (χ1n) is 4.44. The molecule has 15 heavy (non-hydrogen) atoms. The number of nitro benzene ring substituents is 1. The minimum Gasteiger partial charge on any atom is -0.452 e. The summed E-state index contributed by atoms with van der Waals surface area (Å²) in [6.07, 6.45) is 0.724. The largest absolute Gasteiger partial charge is 0.452 e. The van der Waals surface area contributed by atoms with Gasteiger partial charge in [0.25, 0.3) is 5.69 Å². The number of hydrogen-bond donors (Lipinski definition) is 0. The van der Waals surface area contributed by atoms with Crippen LogP contribution in [0, 0.1) is 10.1 Å². The van der Waals surface area contributed by atoms with E-state index in [2.05, 4.69) is 4.74 Å². The van der Waals surface area contributed by atoms with Crippen LogP contribution in [0.1, 0.15) is 18.1 Å². The SMILES string of the molecule is CCc1ccc(CO[C]=O)c([N+](=O)[O-])c1. The molecule has 0 aliphatic rings. The van der Waals surface area contributed by atoms with E-state index in [0.29, 0.717) is 5.56 Å². The second kappa shape index (κ2) is 5.09. The van der Waals surface area contributed by atoms with Gasteiger partial charge in [-0.05, 0) is 18.1 Å². The first-order valence-corrected chi connectivity index (χ1v) is 4.44. The predicted octanol–water partition coefficient (Wildman–Crippen LogP) is 1.74. The first-order chi connectivity index (χ1) is 7.19. The molecule has 1 aromatic rings. The maximum Gasteiger partial charge on any atom is 0.417 e. The third kappa shape index (κ3) is 2.77. The average Bonchev–Trinajstić information content (AvgIpc) is 2.26. The molecule has 0 unspecified atom stereocenters. The molecule has 79 valence electrons. The van der Waals surface area contributed by atoms with Crippen LogP contribution in [0.25, 0.3) is 0 Å². The highest BCUT2D eigenvalue weighted by molar-refractivity contribution is 5.45. The Morgan fingerprint density at radius 1 is 1.53 bits per heavy atom. The second-order valence-electron chi connectivity index (χ2n) is 2.95. The van der Waals surface area contributed by atoms with Gasteiger partial charge in [0.05, 0.1) is 10.5 Å². The van der Waals surface area contributed by atoms with E-state index in [1.54, 1.807) is 12.1 Å². The van der Waals surface area contributed by atoms with Crippen molar-refractivity contribution in [1.29, 1.82) is 0 Å². The summed E-state index contributed by atoms with van der Waals surface area (Å²) in [7, 11) is 0.